The largest absolute Gasteiger partial charge is 0.381 e. The average Bonchev–Trinajstić information content (AvgIpc) is 2.87. The maximum atomic E-state index is 5.88. The number of hydrogen-bond donors (Lipinski definition) is 0. The van der Waals surface area contributed by atoms with Gasteiger partial charge in [0, 0.05) is 61.9 Å². The molecular weight excluding hydrogens is 468 g/mol. The number of aryl methyl sites for hydroxylation is 3. The fraction of sp³-hybridized carbons (Fsp3) is 0.515. The van der Waals surface area contributed by atoms with E-state index in [9.17, 15) is 0 Å². The number of rotatable bonds is 5. The molecule has 0 unspecified atom stereocenters. The van der Waals surface area contributed by atoms with Gasteiger partial charge in [0.05, 0.1) is 11.8 Å². The van der Waals surface area contributed by atoms with Crippen molar-refractivity contribution in [2.45, 2.75) is 79.9 Å². The highest BCUT2D eigenvalue weighted by molar-refractivity contribution is 5.68. The van der Waals surface area contributed by atoms with Crippen molar-refractivity contribution < 1.29 is 4.74 Å². The summed E-state index contributed by atoms with van der Waals surface area (Å²) in [6.07, 6.45) is 2.18. The second kappa shape index (κ2) is 10.3. The van der Waals surface area contributed by atoms with Crippen molar-refractivity contribution in [3.8, 4) is 11.4 Å². The highest BCUT2D eigenvalue weighted by atomic mass is 16.5. The monoisotopic (exact) mass is 512 g/mol. The van der Waals surface area contributed by atoms with E-state index in [0.29, 0.717) is 5.92 Å². The summed E-state index contributed by atoms with van der Waals surface area (Å²) in [7, 11) is 1.85. The van der Waals surface area contributed by atoms with Gasteiger partial charge in [0.2, 0.25) is 0 Å². The molecule has 0 radical (unpaired) electrons. The summed E-state index contributed by atoms with van der Waals surface area (Å²) in [5, 5.41) is 0. The SMILES string of the molecule is CO[C@@H]1CCN(c2nc(-c3c(C)cccc3C)nc3c2CN(c2cc(C(C)C)ccc2C)CC3)CC1(C)C. The van der Waals surface area contributed by atoms with Gasteiger partial charge in [-0.1, -0.05) is 58.0 Å². The number of aromatic nitrogens is 2. The number of anilines is 2. The first-order valence-corrected chi connectivity index (χ1v) is 14.2. The molecule has 0 spiro atoms. The third-order valence-electron chi connectivity index (χ3n) is 8.70. The molecular formula is C33H44N4O. The van der Waals surface area contributed by atoms with Crippen LogP contribution in [0.1, 0.15) is 73.5 Å². The molecule has 1 fully saturated rings. The molecule has 1 saturated heterocycles. The molecule has 2 aromatic carbocycles. The Morgan fingerprint density at radius 1 is 0.947 bits per heavy atom. The summed E-state index contributed by atoms with van der Waals surface area (Å²) in [5.41, 5.74) is 10.2. The number of nitrogens with zero attached hydrogens (tertiary/aromatic N) is 4. The van der Waals surface area contributed by atoms with Crippen molar-refractivity contribution in [2.75, 3.05) is 36.5 Å². The number of benzene rings is 2. The molecule has 0 bridgehead atoms. The number of ether oxygens (including phenoxy) is 1. The lowest BCUT2D eigenvalue weighted by Gasteiger charge is -2.45. The van der Waals surface area contributed by atoms with Gasteiger partial charge in [0.15, 0.2) is 5.82 Å². The summed E-state index contributed by atoms with van der Waals surface area (Å²) in [6.45, 7) is 19.4. The summed E-state index contributed by atoms with van der Waals surface area (Å²) < 4.78 is 5.88. The molecule has 2 aliphatic heterocycles. The maximum absolute atomic E-state index is 5.88. The molecule has 5 rings (SSSR count). The molecule has 1 atom stereocenters. The second-order valence-corrected chi connectivity index (χ2v) is 12.4. The number of hydrogen-bond acceptors (Lipinski definition) is 5. The summed E-state index contributed by atoms with van der Waals surface area (Å²) in [5.74, 6) is 2.49. The fourth-order valence-electron chi connectivity index (χ4n) is 6.42. The first-order valence-electron chi connectivity index (χ1n) is 14.2. The Morgan fingerprint density at radius 3 is 2.34 bits per heavy atom. The van der Waals surface area contributed by atoms with E-state index in [4.69, 9.17) is 14.7 Å². The molecule has 38 heavy (non-hydrogen) atoms. The highest BCUT2D eigenvalue weighted by Gasteiger charge is 2.38. The first-order chi connectivity index (χ1) is 18.1. The number of methoxy groups -OCH3 is 1. The van der Waals surface area contributed by atoms with Crippen molar-refractivity contribution in [1.29, 1.82) is 0 Å². The summed E-state index contributed by atoms with van der Waals surface area (Å²) in [6, 6.07) is 13.4. The van der Waals surface area contributed by atoms with Gasteiger partial charge in [0.25, 0.3) is 0 Å². The van der Waals surface area contributed by atoms with Crippen LogP contribution < -0.4 is 9.80 Å². The lowest BCUT2D eigenvalue weighted by atomic mass is 9.81. The normalized spacial score (nSPS) is 19.1. The van der Waals surface area contributed by atoms with Crippen LogP contribution in [0.25, 0.3) is 11.4 Å². The third kappa shape index (κ3) is 4.93. The van der Waals surface area contributed by atoms with Gasteiger partial charge < -0.3 is 14.5 Å². The van der Waals surface area contributed by atoms with E-state index < -0.39 is 0 Å². The smallest absolute Gasteiger partial charge is 0.162 e. The molecule has 0 aliphatic carbocycles. The lowest BCUT2D eigenvalue weighted by Crippen LogP contribution is -2.50. The zero-order valence-electron chi connectivity index (χ0n) is 24.6. The predicted octanol–water partition coefficient (Wildman–Crippen LogP) is 7.01. The van der Waals surface area contributed by atoms with Gasteiger partial charge in [-0.05, 0) is 61.4 Å². The van der Waals surface area contributed by atoms with Crippen molar-refractivity contribution in [2.24, 2.45) is 5.41 Å². The van der Waals surface area contributed by atoms with Gasteiger partial charge in [-0.15, -0.1) is 0 Å². The van der Waals surface area contributed by atoms with Crippen molar-refractivity contribution in [3.05, 3.63) is 69.9 Å². The third-order valence-corrected chi connectivity index (χ3v) is 8.70. The Morgan fingerprint density at radius 2 is 1.68 bits per heavy atom. The molecule has 1 aromatic heterocycles. The van der Waals surface area contributed by atoms with E-state index in [0.717, 1.165) is 50.7 Å². The Labute approximate surface area is 229 Å². The Bertz CT molecular complexity index is 1310. The predicted molar refractivity (Wildman–Crippen MR) is 158 cm³/mol. The van der Waals surface area contributed by atoms with Crippen molar-refractivity contribution >= 4 is 11.5 Å². The van der Waals surface area contributed by atoms with Gasteiger partial charge in [-0.25, -0.2) is 9.97 Å². The van der Waals surface area contributed by atoms with Crippen LogP contribution in [0.4, 0.5) is 11.5 Å². The van der Waals surface area contributed by atoms with Crippen LogP contribution in [0.15, 0.2) is 36.4 Å². The zero-order valence-corrected chi connectivity index (χ0v) is 24.6. The van der Waals surface area contributed by atoms with Crippen LogP contribution in [0.2, 0.25) is 0 Å². The molecule has 202 valence electrons. The van der Waals surface area contributed by atoms with E-state index in [2.05, 4.69) is 94.7 Å². The van der Waals surface area contributed by atoms with E-state index in [1.807, 2.05) is 7.11 Å². The van der Waals surface area contributed by atoms with Crippen molar-refractivity contribution in [1.82, 2.24) is 9.97 Å². The summed E-state index contributed by atoms with van der Waals surface area (Å²) in [4.78, 5) is 15.6. The lowest BCUT2D eigenvalue weighted by molar-refractivity contribution is -0.00647. The molecule has 5 nitrogen and oxygen atoms in total. The van der Waals surface area contributed by atoms with Crippen LogP contribution in [-0.2, 0) is 17.7 Å². The zero-order chi connectivity index (χ0) is 27.2. The molecule has 0 N–H and O–H groups in total. The van der Waals surface area contributed by atoms with Gasteiger partial charge in [-0.3, -0.25) is 0 Å². The van der Waals surface area contributed by atoms with Crippen LogP contribution in [0, 0.1) is 26.2 Å². The first kappa shape index (κ1) is 26.7. The van der Waals surface area contributed by atoms with Crippen LogP contribution in [-0.4, -0.2) is 42.8 Å². The fourth-order valence-corrected chi connectivity index (χ4v) is 6.42. The standard InChI is InChI=1S/C33H44N4O/c1-21(2)25-13-12-22(3)28(18-25)36-16-14-27-26(19-36)32(37-17-15-29(38-8)33(6,7)20-37)35-31(34-27)30-23(4)10-9-11-24(30)5/h9-13,18,21,29H,14-17,19-20H2,1-8H3/t29-/m1/s1. The quantitative estimate of drug-likeness (QED) is 0.368. The minimum absolute atomic E-state index is 0.0418. The molecule has 0 saturated carbocycles. The van der Waals surface area contributed by atoms with E-state index in [1.54, 1.807) is 0 Å². The molecule has 5 heteroatoms. The highest BCUT2D eigenvalue weighted by Crippen LogP contribution is 2.39. The van der Waals surface area contributed by atoms with Crippen molar-refractivity contribution in [3.63, 3.8) is 0 Å². The van der Waals surface area contributed by atoms with Crippen LogP contribution >= 0.6 is 0 Å². The Hall–Kier alpha value is -2.92. The Balaban J connectivity index is 1.61. The minimum atomic E-state index is 0.0418. The van der Waals surface area contributed by atoms with Crippen LogP contribution in [0.3, 0.4) is 0 Å². The average molecular weight is 513 g/mol. The molecule has 2 aliphatic rings. The number of piperidine rings is 1. The number of fused-ring (bicyclic) bond motifs is 1. The van der Waals surface area contributed by atoms with E-state index in [-0.39, 0.29) is 11.5 Å². The van der Waals surface area contributed by atoms with Gasteiger partial charge >= 0.3 is 0 Å². The molecule has 0 amide bonds. The second-order valence-electron chi connectivity index (χ2n) is 12.4. The summed E-state index contributed by atoms with van der Waals surface area (Å²) >= 11 is 0. The topological polar surface area (TPSA) is 41.5 Å². The minimum Gasteiger partial charge on any atom is -0.381 e. The van der Waals surface area contributed by atoms with E-state index >= 15 is 0 Å². The van der Waals surface area contributed by atoms with E-state index in [1.165, 1.54) is 44.8 Å². The molecule has 3 heterocycles. The molecule has 3 aromatic rings. The maximum Gasteiger partial charge on any atom is 0.162 e. The Kier molecular flexibility index (Phi) is 7.25. The van der Waals surface area contributed by atoms with Crippen LogP contribution in [0.5, 0.6) is 0 Å². The van der Waals surface area contributed by atoms with Gasteiger partial charge in [-0.2, -0.15) is 0 Å². The van der Waals surface area contributed by atoms with Gasteiger partial charge in [0.1, 0.15) is 5.82 Å².